The van der Waals surface area contributed by atoms with Gasteiger partial charge in [0, 0.05) is 13.2 Å². The van der Waals surface area contributed by atoms with Crippen LogP contribution in [-0.2, 0) is 9.53 Å². The number of rotatable bonds is 4. The van der Waals surface area contributed by atoms with Crippen LogP contribution < -0.4 is 10.6 Å². The second kappa shape index (κ2) is 5.98. The first kappa shape index (κ1) is 11.5. The molecular formula is C10H20N2O2. The summed E-state index contributed by atoms with van der Waals surface area (Å²) in [5.74, 6) is 0.0295. The van der Waals surface area contributed by atoms with E-state index in [1.54, 1.807) is 7.11 Å². The van der Waals surface area contributed by atoms with Crippen LogP contribution in [0.4, 0.5) is 0 Å². The van der Waals surface area contributed by atoms with Crippen molar-refractivity contribution in [1.82, 2.24) is 10.6 Å². The van der Waals surface area contributed by atoms with Crippen molar-refractivity contribution in [1.29, 1.82) is 0 Å². The quantitative estimate of drug-likeness (QED) is 0.685. The molecule has 82 valence electrons. The Hall–Kier alpha value is -0.610. The van der Waals surface area contributed by atoms with Crippen LogP contribution in [-0.4, -0.2) is 38.3 Å². The van der Waals surface area contributed by atoms with E-state index >= 15 is 0 Å². The summed E-state index contributed by atoms with van der Waals surface area (Å²) in [6.07, 6.45) is 2.48. The highest BCUT2D eigenvalue weighted by atomic mass is 16.5. The van der Waals surface area contributed by atoms with Gasteiger partial charge in [-0.15, -0.1) is 0 Å². The van der Waals surface area contributed by atoms with Crippen molar-refractivity contribution in [2.75, 3.05) is 20.2 Å². The molecule has 1 saturated heterocycles. The molecular weight excluding hydrogens is 180 g/mol. The van der Waals surface area contributed by atoms with E-state index in [0.717, 1.165) is 32.4 Å². The lowest BCUT2D eigenvalue weighted by atomic mass is 10.1. The zero-order chi connectivity index (χ0) is 10.4. The molecule has 4 heteroatoms. The number of nitrogens with one attached hydrogen (secondary N) is 2. The fourth-order valence-electron chi connectivity index (χ4n) is 1.72. The second-order valence-electron chi connectivity index (χ2n) is 3.67. The Morgan fingerprint density at radius 3 is 2.71 bits per heavy atom. The Balaban J connectivity index is 2.30. The summed E-state index contributed by atoms with van der Waals surface area (Å²) < 4.78 is 5.08. The molecule has 14 heavy (non-hydrogen) atoms. The molecule has 0 aromatic heterocycles. The third kappa shape index (κ3) is 3.27. The monoisotopic (exact) mass is 200 g/mol. The summed E-state index contributed by atoms with van der Waals surface area (Å²) in [6.45, 7) is 3.94. The first-order chi connectivity index (χ1) is 6.77. The number of piperidine rings is 1. The van der Waals surface area contributed by atoms with Crippen molar-refractivity contribution in [3.8, 4) is 0 Å². The molecule has 0 aromatic carbocycles. The van der Waals surface area contributed by atoms with Gasteiger partial charge in [-0.1, -0.05) is 6.92 Å². The van der Waals surface area contributed by atoms with Crippen LogP contribution in [0, 0.1) is 0 Å². The molecule has 0 aliphatic carbocycles. The van der Waals surface area contributed by atoms with E-state index in [1.807, 2.05) is 6.92 Å². The first-order valence-electron chi connectivity index (χ1n) is 5.31. The van der Waals surface area contributed by atoms with Gasteiger partial charge in [0.2, 0.25) is 5.91 Å². The molecule has 0 radical (unpaired) electrons. The van der Waals surface area contributed by atoms with Crippen LogP contribution in [0.1, 0.15) is 26.2 Å². The standard InChI is InChI=1S/C10H20N2O2/c1-3-9(14-2)10(13)12-8-4-6-11-7-5-8/h8-9,11H,3-7H2,1-2H3,(H,12,13). The average molecular weight is 200 g/mol. The fourth-order valence-corrected chi connectivity index (χ4v) is 1.72. The van der Waals surface area contributed by atoms with Crippen molar-refractivity contribution in [2.45, 2.75) is 38.3 Å². The zero-order valence-corrected chi connectivity index (χ0v) is 9.01. The van der Waals surface area contributed by atoms with E-state index in [2.05, 4.69) is 10.6 Å². The molecule has 1 aliphatic heterocycles. The predicted octanol–water partition coefficient (Wildman–Crippen LogP) is 0.280. The molecule has 1 atom stereocenters. The molecule has 1 rings (SSSR count). The van der Waals surface area contributed by atoms with Crippen molar-refractivity contribution < 1.29 is 9.53 Å². The van der Waals surface area contributed by atoms with E-state index in [1.165, 1.54) is 0 Å². The van der Waals surface area contributed by atoms with Gasteiger partial charge in [0.1, 0.15) is 6.10 Å². The summed E-state index contributed by atoms with van der Waals surface area (Å²) in [4.78, 5) is 11.6. The summed E-state index contributed by atoms with van der Waals surface area (Å²) >= 11 is 0. The number of hydrogen-bond acceptors (Lipinski definition) is 3. The molecule has 0 bridgehead atoms. The lowest BCUT2D eigenvalue weighted by Gasteiger charge is -2.25. The Morgan fingerprint density at radius 2 is 2.21 bits per heavy atom. The van der Waals surface area contributed by atoms with Gasteiger partial charge in [0.25, 0.3) is 0 Å². The van der Waals surface area contributed by atoms with Crippen molar-refractivity contribution >= 4 is 5.91 Å². The Kier molecular flexibility index (Phi) is 4.90. The van der Waals surface area contributed by atoms with Crippen molar-refractivity contribution in [3.63, 3.8) is 0 Å². The van der Waals surface area contributed by atoms with E-state index in [9.17, 15) is 4.79 Å². The normalized spacial score (nSPS) is 20.4. The fraction of sp³-hybridized carbons (Fsp3) is 0.900. The SMILES string of the molecule is CCC(OC)C(=O)NC1CCNCC1. The molecule has 1 heterocycles. The number of methoxy groups -OCH3 is 1. The second-order valence-corrected chi connectivity index (χ2v) is 3.67. The molecule has 0 spiro atoms. The topological polar surface area (TPSA) is 50.4 Å². The smallest absolute Gasteiger partial charge is 0.249 e. The molecule has 0 saturated carbocycles. The predicted molar refractivity (Wildman–Crippen MR) is 55.1 cm³/mol. The van der Waals surface area contributed by atoms with Crippen LogP contribution in [0.2, 0.25) is 0 Å². The van der Waals surface area contributed by atoms with Gasteiger partial charge in [-0.2, -0.15) is 0 Å². The highest BCUT2D eigenvalue weighted by molar-refractivity contribution is 5.80. The van der Waals surface area contributed by atoms with Crippen molar-refractivity contribution in [3.05, 3.63) is 0 Å². The van der Waals surface area contributed by atoms with Gasteiger partial charge in [0.15, 0.2) is 0 Å². The molecule has 1 fully saturated rings. The zero-order valence-electron chi connectivity index (χ0n) is 9.01. The number of carbonyl (C=O) groups excluding carboxylic acids is 1. The van der Waals surface area contributed by atoms with E-state index in [0.29, 0.717) is 6.04 Å². The molecule has 4 nitrogen and oxygen atoms in total. The van der Waals surface area contributed by atoms with Gasteiger partial charge in [-0.25, -0.2) is 0 Å². The summed E-state index contributed by atoms with van der Waals surface area (Å²) in [5.41, 5.74) is 0. The van der Waals surface area contributed by atoms with E-state index in [-0.39, 0.29) is 12.0 Å². The van der Waals surface area contributed by atoms with Crippen molar-refractivity contribution in [2.24, 2.45) is 0 Å². The minimum absolute atomic E-state index is 0.0295. The molecule has 0 aromatic rings. The van der Waals surface area contributed by atoms with Gasteiger partial charge in [0.05, 0.1) is 0 Å². The number of hydrogen-bond donors (Lipinski definition) is 2. The third-order valence-corrected chi connectivity index (χ3v) is 2.63. The average Bonchev–Trinajstić information content (AvgIpc) is 2.21. The molecule has 1 aliphatic rings. The van der Waals surface area contributed by atoms with Gasteiger partial charge >= 0.3 is 0 Å². The van der Waals surface area contributed by atoms with Gasteiger partial charge < -0.3 is 15.4 Å². The number of ether oxygens (including phenoxy) is 1. The Bertz CT molecular complexity index is 175. The highest BCUT2D eigenvalue weighted by Gasteiger charge is 2.20. The van der Waals surface area contributed by atoms with Crippen LogP contribution in [0.5, 0.6) is 0 Å². The largest absolute Gasteiger partial charge is 0.372 e. The number of amides is 1. The molecule has 1 amide bonds. The summed E-state index contributed by atoms with van der Waals surface area (Å²) in [7, 11) is 1.58. The highest BCUT2D eigenvalue weighted by Crippen LogP contribution is 2.04. The lowest BCUT2D eigenvalue weighted by Crippen LogP contribution is -2.46. The summed E-state index contributed by atoms with van der Waals surface area (Å²) in [6, 6.07) is 0.327. The summed E-state index contributed by atoms with van der Waals surface area (Å²) in [5, 5.41) is 6.28. The molecule has 1 unspecified atom stereocenters. The van der Waals surface area contributed by atoms with Gasteiger partial charge in [-0.3, -0.25) is 4.79 Å². The Morgan fingerprint density at radius 1 is 1.57 bits per heavy atom. The minimum Gasteiger partial charge on any atom is -0.372 e. The lowest BCUT2D eigenvalue weighted by molar-refractivity contribution is -0.132. The molecule has 2 N–H and O–H groups in total. The Labute approximate surface area is 85.4 Å². The van der Waals surface area contributed by atoms with Crippen LogP contribution in [0.3, 0.4) is 0 Å². The number of carbonyl (C=O) groups is 1. The van der Waals surface area contributed by atoms with E-state index in [4.69, 9.17) is 4.74 Å². The minimum atomic E-state index is -0.287. The maximum absolute atomic E-state index is 11.6. The first-order valence-corrected chi connectivity index (χ1v) is 5.31. The van der Waals surface area contributed by atoms with Gasteiger partial charge in [-0.05, 0) is 32.4 Å². The maximum Gasteiger partial charge on any atom is 0.249 e. The van der Waals surface area contributed by atoms with E-state index < -0.39 is 0 Å². The maximum atomic E-state index is 11.6. The van der Waals surface area contributed by atoms with Crippen LogP contribution in [0.25, 0.3) is 0 Å². The van der Waals surface area contributed by atoms with Crippen LogP contribution >= 0.6 is 0 Å². The van der Waals surface area contributed by atoms with Crippen LogP contribution in [0.15, 0.2) is 0 Å². The third-order valence-electron chi connectivity index (χ3n) is 2.63.